The third-order valence-corrected chi connectivity index (χ3v) is 1.33. The fourth-order valence-corrected chi connectivity index (χ4v) is 0.701. The molecule has 1 N–H and O–H groups in total. The maximum atomic E-state index is 12.6. The number of alkyl halides is 2. The van der Waals surface area contributed by atoms with Crippen LogP contribution in [0, 0.1) is 0 Å². The van der Waals surface area contributed by atoms with Crippen LogP contribution in [-0.4, -0.2) is 21.5 Å². The average Bonchev–Trinajstić information content (AvgIpc) is 2.36. The molecule has 0 fully saturated rings. The number of aromatic nitrogens is 2. The van der Waals surface area contributed by atoms with Crippen molar-refractivity contribution in [2.75, 3.05) is 6.61 Å². The number of aryl methyl sites for hydroxylation is 1. The zero-order valence-corrected chi connectivity index (χ0v) is 5.96. The molecular weight excluding hydrogens is 154 g/mol. The number of nitrogens with zero attached hydrogens (tertiary/aromatic N) is 2. The topological polar surface area (TPSA) is 38.0 Å². The van der Waals surface area contributed by atoms with Gasteiger partial charge in [-0.25, -0.2) is 0 Å². The summed E-state index contributed by atoms with van der Waals surface area (Å²) in [6, 6.07) is 0. The molecule has 0 saturated heterocycles. The molecule has 1 aromatic rings. The maximum absolute atomic E-state index is 12.6. The number of aliphatic hydroxyl groups is 1. The molecule has 5 heteroatoms. The molecule has 0 radical (unpaired) electrons. The second-order valence-electron chi connectivity index (χ2n) is 2.27. The summed E-state index contributed by atoms with van der Waals surface area (Å²) in [5.41, 5.74) is -0.262. The van der Waals surface area contributed by atoms with Gasteiger partial charge in [0.1, 0.15) is 6.61 Å². The number of hydrogen-bond acceptors (Lipinski definition) is 2. The lowest BCUT2D eigenvalue weighted by Crippen LogP contribution is -2.17. The number of rotatable bonds is 2. The van der Waals surface area contributed by atoms with Crippen LogP contribution in [0.2, 0.25) is 0 Å². The molecule has 0 spiro atoms. The minimum atomic E-state index is -3.17. The van der Waals surface area contributed by atoms with Gasteiger partial charge in [0.05, 0.1) is 11.8 Å². The smallest absolute Gasteiger partial charge is 0.298 e. The van der Waals surface area contributed by atoms with Crippen LogP contribution in [0.5, 0.6) is 0 Å². The highest BCUT2D eigenvalue weighted by Gasteiger charge is 2.31. The molecule has 0 amide bonds. The molecule has 0 saturated carbocycles. The molecule has 0 unspecified atom stereocenters. The first-order chi connectivity index (χ1) is 5.06. The molecule has 1 rings (SSSR count). The van der Waals surface area contributed by atoms with Gasteiger partial charge in [-0.15, -0.1) is 0 Å². The normalized spacial score (nSPS) is 12.0. The van der Waals surface area contributed by atoms with Crippen LogP contribution < -0.4 is 0 Å². The van der Waals surface area contributed by atoms with E-state index in [1.165, 1.54) is 17.9 Å². The molecule has 0 aliphatic rings. The second-order valence-corrected chi connectivity index (χ2v) is 2.27. The van der Waals surface area contributed by atoms with E-state index in [0.29, 0.717) is 0 Å². The molecule has 0 aliphatic heterocycles. The predicted molar refractivity (Wildman–Crippen MR) is 34.2 cm³/mol. The summed E-state index contributed by atoms with van der Waals surface area (Å²) in [6.07, 6.45) is 2.21. The van der Waals surface area contributed by atoms with Crippen molar-refractivity contribution >= 4 is 0 Å². The van der Waals surface area contributed by atoms with E-state index >= 15 is 0 Å². The summed E-state index contributed by atoms with van der Waals surface area (Å²) in [5, 5.41) is 11.8. The minimum absolute atomic E-state index is 0.262. The quantitative estimate of drug-likeness (QED) is 0.687. The van der Waals surface area contributed by atoms with Gasteiger partial charge in [0, 0.05) is 13.2 Å². The van der Waals surface area contributed by atoms with Crippen molar-refractivity contribution in [1.29, 1.82) is 0 Å². The largest absolute Gasteiger partial charge is 0.390 e. The van der Waals surface area contributed by atoms with Crippen molar-refractivity contribution in [2.24, 2.45) is 7.05 Å². The lowest BCUT2D eigenvalue weighted by atomic mass is 10.2. The Morgan fingerprint density at radius 2 is 2.36 bits per heavy atom. The van der Waals surface area contributed by atoms with E-state index < -0.39 is 12.5 Å². The van der Waals surface area contributed by atoms with Gasteiger partial charge in [-0.3, -0.25) is 4.68 Å². The summed E-state index contributed by atoms with van der Waals surface area (Å²) < 4.78 is 26.5. The van der Waals surface area contributed by atoms with Crippen molar-refractivity contribution in [3.05, 3.63) is 18.0 Å². The van der Waals surface area contributed by atoms with E-state index in [4.69, 9.17) is 5.11 Å². The highest BCUT2D eigenvalue weighted by molar-refractivity contribution is 5.11. The number of aliphatic hydroxyl groups excluding tert-OH is 1. The average molecular weight is 162 g/mol. The SMILES string of the molecule is Cn1cc(C(F)(F)CO)cn1. The summed E-state index contributed by atoms with van der Waals surface area (Å²) in [4.78, 5) is 0. The zero-order chi connectivity index (χ0) is 8.48. The van der Waals surface area contributed by atoms with E-state index in [0.717, 1.165) is 6.20 Å². The van der Waals surface area contributed by atoms with Crippen LogP contribution in [0.25, 0.3) is 0 Å². The van der Waals surface area contributed by atoms with Gasteiger partial charge < -0.3 is 5.11 Å². The Labute approximate surface area is 62.3 Å². The second kappa shape index (κ2) is 2.58. The molecular formula is C6H8F2N2O. The Bertz CT molecular complexity index is 246. The molecule has 11 heavy (non-hydrogen) atoms. The van der Waals surface area contributed by atoms with Gasteiger partial charge in [0.15, 0.2) is 0 Å². The van der Waals surface area contributed by atoms with Crippen LogP contribution >= 0.6 is 0 Å². The Morgan fingerprint density at radius 3 is 2.73 bits per heavy atom. The van der Waals surface area contributed by atoms with E-state index in [1.807, 2.05) is 0 Å². The van der Waals surface area contributed by atoms with E-state index in [-0.39, 0.29) is 5.56 Å². The summed E-state index contributed by atoms with van der Waals surface area (Å²) in [6.45, 7) is -1.18. The van der Waals surface area contributed by atoms with Crippen molar-refractivity contribution < 1.29 is 13.9 Å². The zero-order valence-electron chi connectivity index (χ0n) is 5.96. The van der Waals surface area contributed by atoms with Gasteiger partial charge >= 0.3 is 0 Å². The Hall–Kier alpha value is -0.970. The molecule has 0 atom stereocenters. The van der Waals surface area contributed by atoms with Crippen molar-refractivity contribution in [3.63, 3.8) is 0 Å². The first kappa shape index (κ1) is 8.13. The molecule has 0 aromatic carbocycles. The molecule has 0 aliphatic carbocycles. The fourth-order valence-electron chi connectivity index (χ4n) is 0.701. The first-order valence-electron chi connectivity index (χ1n) is 3.04. The van der Waals surface area contributed by atoms with E-state index in [1.54, 1.807) is 0 Å². The summed E-state index contributed by atoms with van der Waals surface area (Å²) in [7, 11) is 1.54. The molecule has 62 valence electrons. The fraction of sp³-hybridized carbons (Fsp3) is 0.500. The van der Waals surface area contributed by atoms with Gasteiger partial charge in [-0.2, -0.15) is 13.9 Å². The third-order valence-electron chi connectivity index (χ3n) is 1.33. The highest BCUT2D eigenvalue weighted by atomic mass is 19.3. The number of halogens is 2. The molecule has 1 aromatic heterocycles. The predicted octanol–water partition coefficient (Wildman–Crippen LogP) is 0.504. The van der Waals surface area contributed by atoms with E-state index in [2.05, 4.69) is 5.10 Å². The van der Waals surface area contributed by atoms with Crippen LogP contribution in [0.1, 0.15) is 5.56 Å². The Kier molecular flexibility index (Phi) is 1.90. The van der Waals surface area contributed by atoms with Gasteiger partial charge in [-0.05, 0) is 0 Å². The van der Waals surface area contributed by atoms with Gasteiger partial charge in [0.2, 0.25) is 0 Å². The lowest BCUT2D eigenvalue weighted by Gasteiger charge is -2.08. The minimum Gasteiger partial charge on any atom is -0.390 e. The van der Waals surface area contributed by atoms with Crippen molar-refractivity contribution in [2.45, 2.75) is 5.92 Å². The molecule has 0 bridgehead atoms. The van der Waals surface area contributed by atoms with E-state index in [9.17, 15) is 8.78 Å². The summed E-state index contributed by atoms with van der Waals surface area (Å²) in [5.74, 6) is -3.17. The van der Waals surface area contributed by atoms with Crippen molar-refractivity contribution in [3.8, 4) is 0 Å². The maximum Gasteiger partial charge on any atom is 0.298 e. The first-order valence-corrected chi connectivity index (χ1v) is 3.04. The highest BCUT2D eigenvalue weighted by Crippen LogP contribution is 2.25. The molecule has 3 nitrogen and oxygen atoms in total. The summed E-state index contributed by atoms with van der Waals surface area (Å²) >= 11 is 0. The Balaban J connectivity index is 2.92. The Morgan fingerprint density at radius 1 is 1.73 bits per heavy atom. The van der Waals surface area contributed by atoms with Crippen LogP contribution in [0.3, 0.4) is 0 Å². The molecule has 1 heterocycles. The number of hydrogen-bond donors (Lipinski definition) is 1. The van der Waals surface area contributed by atoms with Gasteiger partial charge in [0.25, 0.3) is 5.92 Å². The third kappa shape index (κ3) is 1.54. The van der Waals surface area contributed by atoms with Crippen LogP contribution in [-0.2, 0) is 13.0 Å². The monoisotopic (exact) mass is 162 g/mol. The van der Waals surface area contributed by atoms with Crippen LogP contribution in [0.15, 0.2) is 12.4 Å². The van der Waals surface area contributed by atoms with Crippen molar-refractivity contribution in [1.82, 2.24) is 9.78 Å². The standard InChI is InChI=1S/C6H8F2N2O/c1-10-3-5(2-9-10)6(7,8)4-11/h2-3,11H,4H2,1H3. The lowest BCUT2D eigenvalue weighted by molar-refractivity contribution is -0.0556. The van der Waals surface area contributed by atoms with Gasteiger partial charge in [-0.1, -0.05) is 0 Å². The van der Waals surface area contributed by atoms with Crippen LogP contribution in [0.4, 0.5) is 8.78 Å².